The van der Waals surface area contributed by atoms with E-state index in [1.807, 2.05) is 0 Å². The molecule has 0 aromatic heterocycles. The molecular weight excluding hydrogens is 352 g/mol. The van der Waals surface area contributed by atoms with Gasteiger partial charge in [0.15, 0.2) is 0 Å². The van der Waals surface area contributed by atoms with Crippen LogP contribution in [0.1, 0.15) is 44.9 Å². The van der Waals surface area contributed by atoms with Crippen molar-refractivity contribution in [2.75, 3.05) is 52.9 Å². The van der Waals surface area contributed by atoms with Gasteiger partial charge in [0.2, 0.25) is 0 Å². The molecular formula is C20H36O7. The topological polar surface area (TPSA) is 75.6 Å². The number of ether oxygens (including phenoxy) is 6. The zero-order chi connectivity index (χ0) is 18.7. The SMILES string of the molecule is OCC1COC(COCC2COC(COC3CCCCCCC3)CO2)CO1. The summed E-state index contributed by atoms with van der Waals surface area (Å²) in [6.07, 6.45) is 9.04. The molecule has 2 heterocycles. The molecule has 1 saturated carbocycles. The smallest absolute Gasteiger partial charge is 0.104 e. The van der Waals surface area contributed by atoms with E-state index in [4.69, 9.17) is 33.5 Å². The fourth-order valence-corrected chi connectivity index (χ4v) is 3.72. The van der Waals surface area contributed by atoms with E-state index in [0.29, 0.717) is 52.4 Å². The third-order valence-electron chi connectivity index (χ3n) is 5.45. The van der Waals surface area contributed by atoms with Crippen molar-refractivity contribution in [3.05, 3.63) is 0 Å². The Kier molecular flexibility index (Phi) is 9.78. The van der Waals surface area contributed by atoms with Gasteiger partial charge < -0.3 is 33.5 Å². The summed E-state index contributed by atoms with van der Waals surface area (Å²) in [5, 5.41) is 9.01. The maximum Gasteiger partial charge on any atom is 0.104 e. The van der Waals surface area contributed by atoms with Gasteiger partial charge in [-0.3, -0.25) is 0 Å². The van der Waals surface area contributed by atoms with E-state index < -0.39 is 0 Å². The Labute approximate surface area is 162 Å². The van der Waals surface area contributed by atoms with E-state index in [2.05, 4.69) is 0 Å². The highest BCUT2D eigenvalue weighted by Gasteiger charge is 2.25. The lowest BCUT2D eigenvalue weighted by atomic mass is 9.98. The molecule has 1 N–H and O–H groups in total. The summed E-state index contributed by atoms with van der Waals surface area (Å²) in [7, 11) is 0. The van der Waals surface area contributed by atoms with Gasteiger partial charge in [0.05, 0.1) is 59.0 Å². The molecule has 4 atom stereocenters. The van der Waals surface area contributed by atoms with Crippen LogP contribution in [0.15, 0.2) is 0 Å². The Balaban J connectivity index is 1.21. The number of hydrogen-bond donors (Lipinski definition) is 1. The van der Waals surface area contributed by atoms with E-state index >= 15 is 0 Å². The molecule has 2 saturated heterocycles. The molecule has 158 valence electrons. The Hall–Kier alpha value is -0.280. The summed E-state index contributed by atoms with van der Waals surface area (Å²) >= 11 is 0. The van der Waals surface area contributed by atoms with Crippen molar-refractivity contribution in [2.24, 2.45) is 0 Å². The van der Waals surface area contributed by atoms with E-state index in [0.717, 1.165) is 0 Å². The zero-order valence-corrected chi connectivity index (χ0v) is 16.4. The molecule has 1 aliphatic carbocycles. The van der Waals surface area contributed by atoms with Crippen LogP contribution in [0.25, 0.3) is 0 Å². The second-order valence-corrected chi connectivity index (χ2v) is 7.84. The molecule has 3 rings (SSSR count). The number of rotatable bonds is 8. The highest BCUT2D eigenvalue weighted by Crippen LogP contribution is 2.20. The molecule has 0 amide bonds. The Morgan fingerprint density at radius 2 is 1.11 bits per heavy atom. The average molecular weight is 389 g/mol. The Bertz CT molecular complexity index is 371. The lowest BCUT2D eigenvalue weighted by Gasteiger charge is -2.31. The van der Waals surface area contributed by atoms with Gasteiger partial charge in [-0.1, -0.05) is 32.1 Å². The van der Waals surface area contributed by atoms with Crippen molar-refractivity contribution < 1.29 is 33.5 Å². The number of hydrogen-bond acceptors (Lipinski definition) is 7. The van der Waals surface area contributed by atoms with Gasteiger partial charge in [-0.15, -0.1) is 0 Å². The lowest BCUT2D eigenvalue weighted by Crippen LogP contribution is -2.43. The first-order chi connectivity index (χ1) is 13.3. The summed E-state index contributed by atoms with van der Waals surface area (Å²) in [4.78, 5) is 0. The summed E-state index contributed by atoms with van der Waals surface area (Å²) < 4.78 is 34.6. The summed E-state index contributed by atoms with van der Waals surface area (Å²) in [5.74, 6) is 0. The molecule has 0 aromatic rings. The maximum absolute atomic E-state index is 9.01. The van der Waals surface area contributed by atoms with Crippen LogP contribution in [-0.2, 0) is 28.4 Å². The quantitative estimate of drug-likeness (QED) is 0.678. The average Bonchev–Trinajstić information content (AvgIpc) is 2.69. The fourth-order valence-electron chi connectivity index (χ4n) is 3.72. The highest BCUT2D eigenvalue weighted by molar-refractivity contribution is 4.71. The molecule has 27 heavy (non-hydrogen) atoms. The maximum atomic E-state index is 9.01. The molecule has 0 aromatic carbocycles. The number of aliphatic hydroxyl groups excluding tert-OH is 1. The van der Waals surface area contributed by atoms with Crippen LogP contribution in [0.3, 0.4) is 0 Å². The highest BCUT2D eigenvalue weighted by atomic mass is 16.6. The van der Waals surface area contributed by atoms with Crippen LogP contribution in [-0.4, -0.2) is 88.5 Å². The van der Waals surface area contributed by atoms with Crippen LogP contribution in [0, 0.1) is 0 Å². The fraction of sp³-hybridized carbons (Fsp3) is 1.00. The number of aliphatic hydroxyl groups is 1. The Morgan fingerprint density at radius 3 is 1.63 bits per heavy atom. The molecule has 0 spiro atoms. The first kappa shape index (κ1) is 21.4. The molecule has 4 unspecified atom stereocenters. The van der Waals surface area contributed by atoms with Crippen LogP contribution in [0.2, 0.25) is 0 Å². The minimum Gasteiger partial charge on any atom is -0.394 e. The summed E-state index contributed by atoms with van der Waals surface area (Å²) in [6.45, 7) is 3.52. The summed E-state index contributed by atoms with van der Waals surface area (Å²) in [6, 6.07) is 0. The molecule has 3 aliphatic rings. The third kappa shape index (κ3) is 7.93. The van der Waals surface area contributed by atoms with E-state index in [9.17, 15) is 0 Å². The molecule has 2 aliphatic heterocycles. The first-order valence-electron chi connectivity index (χ1n) is 10.6. The van der Waals surface area contributed by atoms with Crippen LogP contribution in [0.5, 0.6) is 0 Å². The van der Waals surface area contributed by atoms with Gasteiger partial charge in [-0.2, -0.15) is 0 Å². The van der Waals surface area contributed by atoms with Gasteiger partial charge in [0, 0.05) is 0 Å². The van der Waals surface area contributed by atoms with Gasteiger partial charge >= 0.3 is 0 Å². The third-order valence-corrected chi connectivity index (χ3v) is 5.45. The predicted molar refractivity (Wildman–Crippen MR) is 98.9 cm³/mol. The monoisotopic (exact) mass is 388 g/mol. The van der Waals surface area contributed by atoms with E-state index in [1.165, 1.54) is 44.9 Å². The molecule has 3 fully saturated rings. The van der Waals surface area contributed by atoms with Gasteiger partial charge in [0.25, 0.3) is 0 Å². The Morgan fingerprint density at radius 1 is 0.630 bits per heavy atom. The minimum atomic E-state index is -0.210. The van der Waals surface area contributed by atoms with E-state index in [1.54, 1.807) is 0 Å². The normalized spacial score (nSPS) is 34.1. The van der Waals surface area contributed by atoms with Gasteiger partial charge in [0.1, 0.15) is 24.4 Å². The lowest BCUT2D eigenvalue weighted by molar-refractivity contribution is -0.186. The van der Waals surface area contributed by atoms with Crippen molar-refractivity contribution in [1.29, 1.82) is 0 Å². The van der Waals surface area contributed by atoms with Crippen molar-refractivity contribution in [3.8, 4) is 0 Å². The van der Waals surface area contributed by atoms with Crippen LogP contribution in [0.4, 0.5) is 0 Å². The van der Waals surface area contributed by atoms with Crippen molar-refractivity contribution in [2.45, 2.75) is 75.5 Å². The van der Waals surface area contributed by atoms with Crippen molar-refractivity contribution in [1.82, 2.24) is 0 Å². The van der Waals surface area contributed by atoms with Gasteiger partial charge in [-0.05, 0) is 12.8 Å². The molecule has 7 heteroatoms. The second-order valence-electron chi connectivity index (χ2n) is 7.84. The molecule has 7 nitrogen and oxygen atoms in total. The standard InChI is InChI=1S/C20H36O7/c21-8-17-11-25-18(12-24-17)9-22-10-19-13-27-20(15-26-19)14-23-16-6-4-2-1-3-5-7-16/h16-21H,1-15H2. The van der Waals surface area contributed by atoms with Crippen LogP contribution < -0.4 is 0 Å². The first-order valence-corrected chi connectivity index (χ1v) is 10.6. The predicted octanol–water partition coefficient (Wildman–Crippen LogP) is 1.69. The van der Waals surface area contributed by atoms with E-state index in [-0.39, 0.29) is 31.0 Å². The second kappa shape index (κ2) is 12.3. The largest absolute Gasteiger partial charge is 0.394 e. The van der Waals surface area contributed by atoms with Crippen LogP contribution >= 0.6 is 0 Å². The zero-order valence-electron chi connectivity index (χ0n) is 16.4. The minimum absolute atomic E-state index is 0.00748. The summed E-state index contributed by atoms with van der Waals surface area (Å²) in [5.41, 5.74) is 0. The van der Waals surface area contributed by atoms with Gasteiger partial charge in [-0.25, -0.2) is 0 Å². The van der Waals surface area contributed by atoms with Crippen molar-refractivity contribution in [3.63, 3.8) is 0 Å². The van der Waals surface area contributed by atoms with Crippen molar-refractivity contribution >= 4 is 0 Å². The molecule has 0 bridgehead atoms. The molecule has 0 radical (unpaired) electrons.